The van der Waals surface area contributed by atoms with Crippen molar-refractivity contribution in [3.8, 4) is 5.75 Å². The average molecular weight is 334 g/mol. The average Bonchev–Trinajstić information content (AvgIpc) is 2.44. The topological polar surface area (TPSA) is 21.3 Å². The van der Waals surface area contributed by atoms with Gasteiger partial charge in [0.15, 0.2) is 0 Å². The molecule has 0 bridgehead atoms. The van der Waals surface area contributed by atoms with Gasteiger partial charge in [0.05, 0.1) is 6.61 Å². The highest BCUT2D eigenvalue weighted by molar-refractivity contribution is 5.49. The Balaban J connectivity index is 0.000000506. The Morgan fingerprint density at radius 3 is 2.08 bits per heavy atom. The fourth-order valence-corrected chi connectivity index (χ4v) is 2.58. The molecule has 0 fully saturated rings. The molecule has 1 aromatic rings. The summed E-state index contributed by atoms with van der Waals surface area (Å²) in [6.07, 6.45) is 6.82. The minimum Gasteiger partial charge on any atom is -0.494 e. The van der Waals surface area contributed by atoms with Crippen LogP contribution >= 0.6 is 0 Å². The fraction of sp³-hybridized carbons (Fsp3) is 0.636. The summed E-state index contributed by atoms with van der Waals surface area (Å²) >= 11 is 0. The number of ether oxygens (including phenoxy) is 1. The molecule has 0 atom stereocenters. The molecule has 0 unspecified atom stereocenters. The normalized spacial score (nSPS) is 11.5. The van der Waals surface area contributed by atoms with Crippen molar-refractivity contribution in [2.75, 3.05) is 6.61 Å². The van der Waals surface area contributed by atoms with Crippen LogP contribution in [0.25, 0.3) is 6.08 Å². The SMILES string of the molecule is C=Cc1cccc(OCCCCCC)c1.CC(C)(C)NC(C)(C)C. The molecule has 0 aliphatic carbocycles. The summed E-state index contributed by atoms with van der Waals surface area (Å²) in [5, 5.41) is 3.46. The van der Waals surface area contributed by atoms with Crippen molar-refractivity contribution in [3.05, 3.63) is 36.4 Å². The molecule has 1 aromatic carbocycles. The Labute approximate surface area is 150 Å². The molecule has 0 heterocycles. The van der Waals surface area contributed by atoms with Crippen molar-refractivity contribution >= 4 is 6.08 Å². The quantitative estimate of drug-likeness (QED) is 0.578. The Morgan fingerprint density at radius 1 is 1.00 bits per heavy atom. The highest BCUT2D eigenvalue weighted by atomic mass is 16.5. The summed E-state index contributed by atoms with van der Waals surface area (Å²) in [4.78, 5) is 0. The third-order valence-corrected chi connectivity index (χ3v) is 3.11. The van der Waals surface area contributed by atoms with Crippen molar-refractivity contribution in [1.82, 2.24) is 5.32 Å². The van der Waals surface area contributed by atoms with Crippen LogP contribution in [0.3, 0.4) is 0 Å². The zero-order valence-electron chi connectivity index (χ0n) is 17.0. The van der Waals surface area contributed by atoms with E-state index in [1.54, 1.807) is 0 Å². The molecule has 24 heavy (non-hydrogen) atoms. The first kappa shape index (κ1) is 22.7. The monoisotopic (exact) mass is 333 g/mol. The van der Waals surface area contributed by atoms with E-state index in [1.165, 1.54) is 19.3 Å². The minimum absolute atomic E-state index is 0.234. The van der Waals surface area contributed by atoms with Gasteiger partial charge in [0.25, 0.3) is 0 Å². The van der Waals surface area contributed by atoms with Crippen LogP contribution in [-0.2, 0) is 0 Å². The van der Waals surface area contributed by atoms with Gasteiger partial charge in [0.2, 0.25) is 0 Å². The number of benzene rings is 1. The summed E-state index contributed by atoms with van der Waals surface area (Å²) in [7, 11) is 0. The van der Waals surface area contributed by atoms with Gasteiger partial charge in [-0.2, -0.15) is 0 Å². The second-order valence-electron chi connectivity index (χ2n) is 8.31. The zero-order valence-corrected chi connectivity index (χ0v) is 17.0. The van der Waals surface area contributed by atoms with Gasteiger partial charge in [-0.15, -0.1) is 0 Å². The molecule has 1 rings (SSSR count). The van der Waals surface area contributed by atoms with Crippen LogP contribution in [0.4, 0.5) is 0 Å². The Kier molecular flexibility index (Phi) is 10.7. The van der Waals surface area contributed by atoms with Gasteiger partial charge in [-0.05, 0) is 65.7 Å². The molecular weight excluding hydrogens is 294 g/mol. The van der Waals surface area contributed by atoms with Crippen LogP contribution < -0.4 is 10.1 Å². The van der Waals surface area contributed by atoms with E-state index in [2.05, 4.69) is 60.4 Å². The lowest BCUT2D eigenvalue weighted by molar-refractivity contribution is 0.303. The summed E-state index contributed by atoms with van der Waals surface area (Å²) in [5.74, 6) is 0.948. The van der Waals surface area contributed by atoms with Crippen LogP contribution in [0.1, 0.15) is 79.7 Å². The fourth-order valence-electron chi connectivity index (χ4n) is 2.58. The standard InChI is InChI=1S/C14H20O.C8H19N/c1-3-5-6-7-11-15-14-10-8-9-13(4-2)12-14;1-7(2,3)9-8(4,5)6/h4,8-10,12H,2-3,5-7,11H2,1H3;9H,1-6H3. The minimum atomic E-state index is 0.234. The Bertz CT molecular complexity index is 440. The first-order valence-electron chi connectivity index (χ1n) is 9.22. The van der Waals surface area contributed by atoms with E-state index in [9.17, 15) is 0 Å². The molecular formula is C22H39NO. The van der Waals surface area contributed by atoms with E-state index in [4.69, 9.17) is 4.74 Å². The van der Waals surface area contributed by atoms with Gasteiger partial charge < -0.3 is 10.1 Å². The maximum absolute atomic E-state index is 5.65. The van der Waals surface area contributed by atoms with Gasteiger partial charge in [-0.3, -0.25) is 0 Å². The van der Waals surface area contributed by atoms with Crippen molar-refractivity contribution in [2.24, 2.45) is 0 Å². The van der Waals surface area contributed by atoms with E-state index < -0.39 is 0 Å². The maximum atomic E-state index is 5.65. The number of unbranched alkanes of at least 4 members (excludes halogenated alkanes) is 3. The van der Waals surface area contributed by atoms with Crippen molar-refractivity contribution < 1.29 is 4.74 Å². The lowest BCUT2D eigenvalue weighted by Crippen LogP contribution is -2.48. The number of nitrogens with one attached hydrogen (secondary N) is 1. The summed E-state index contributed by atoms with van der Waals surface area (Å²) in [6, 6.07) is 8.04. The summed E-state index contributed by atoms with van der Waals surface area (Å²) < 4.78 is 5.65. The number of rotatable bonds is 7. The molecule has 138 valence electrons. The molecule has 1 N–H and O–H groups in total. The third kappa shape index (κ3) is 14.3. The molecule has 0 aromatic heterocycles. The molecule has 0 amide bonds. The molecule has 0 saturated heterocycles. The Hall–Kier alpha value is -1.28. The van der Waals surface area contributed by atoms with Crippen LogP contribution in [0.2, 0.25) is 0 Å². The highest BCUT2D eigenvalue weighted by Gasteiger charge is 2.18. The van der Waals surface area contributed by atoms with Gasteiger partial charge in [-0.25, -0.2) is 0 Å². The van der Waals surface area contributed by atoms with Gasteiger partial charge in [-0.1, -0.05) is 51.0 Å². The van der Waals surface area contributed by atoms with E-state index in [-0.39, 0.29) is 11.1 Å². The van der Waals surface area contributed by atoms with E-state index in [1.807, 2.05) is 30.3 Å². The van der Waals surface area contributed by atoms with Crippen molar-refractivity contribution in [1.29, 1.82) is 0 Å². The zero-order chi connectivity index (χ0) is 18.6. The van der Waals surface area contributed by atoms with Crippen LogP contribution in [0.5, 0.6) is 5.75 Å². The largest absolute Gasteiger partial charge is 0.494 e. The van der Waals surface area contributed by atoms with Gasteiger partial charge >= 0.3 is 0 Å². The molecule has 2 nitrogen and oxygen atoms in total. The second-order valence-corrected chi connectivity index (χ2v) is 8.31. The molecule has 0 spiro atoms. The lowest BCUT2D eigenvalue weighted by Gasteiger charge is -2.31. The lowest BCUT2D eigenvalue weighted by atomic mass is 10.0. The molecule has 0 aliphatic rings. The first-order chi connectivity index (χ1) is 11.1. The second kappa shape index (κ2) is 11.3. The van der Waals surface area contributed by atoms with Gasteiger partial charge in [0.1, 0.15) is 5.75 Å². The smallest absolute Gasteiger partial charge is 0.119 e. The molecule has 2 heteroatoms. The van der Waals surface area contributed by atoms with E-state index in [0.717, 1.165) is 24.3 Å². The number of hydrogen-bond acceptors (Lipinski definition) is 2. The van der Waals surface area contributed by atoms with Crippen LogP contribution in [0.15, 0.2) is 30.8 Å². The van der Waals surface area contributed by atoms with Crippen molar-refractivity contribution in [3.63, 3.8) is 0 Å². The third-order valence-electron chi connectivity index (χ3n) is 3.11. The highest BCUT2D eigenvalue weighted by Crippen LogP contribution is 2.14. The first-order valence-corrected chi connectivity index (χ1v) is 9.22. The molecule has 0 radical (unpaired) electrons. The van der Waals surface area contributed by atoms with Crippen LogP contribution in [0, 0.1) is 0 Å². The predicted molar refractivity (Wildman–Crippen MR) is 109 cm³/mol. The number of hydrogen-bond donors (Lipinski definition) is 1. The van der Waals surface area contributed by atoms with Gasteiger partial charge in [0, 0.05) is 11.1 Å². The maximum Gasteiger partial charge on any atom is 0.119 e. The Morgan fingerprint density at radius 2 is 1.62 bits per heavy atom. The summed E-state index contributed by atoms with van der Waals surface area (Å²) in [6.45, 7) is 19.8. The van der Waals surface area contributed by atoms with Crippen LogP contribution in [-0.4, -0.2) is 17.7 Å². The molecule has 0 saturated carbocycles. The van der Waals surface area contributed by atoms with E-state index >= 15 is 0 Å². The summed E-state index contributed by atoms with van der Waals surface area (Å²) in [5.41, 5.74) is 1.58. The predicted octanol–water partition coefficient (Wildman–Crippen LogP) is 6.46. The molecule has 0 aliphatic heterocycles. The van der Waals surface area contributed by atoms with Crippen molar-refractivity contribution in [2.45, 2.75) is 85.2 Å². The van der Waals surface area contributed by atoms with E-state index in [0.29, 0.717) is 0 Å².